The second kappa shape index (κ2) is 14.7. The van der Waals surface area contributed by atoms with E-state index >= 15 is 0 Å². The summed E-state index contributed by atoms with van der Waals surface area (Å²) in [6.45, 7) is 0.630. The number of nitrogens with two attached hydrogens (primary N) is 1. The van der Waals surface area contributed by atoms with E-state index in [-0.39, 0.29) is 35.1 Å². The number of aliphatic carboxylic acids is 1. The van der Waals surface area contributed by atoms with Crippen LogP contribution < -0.4 is 11.1 Å². The Bertz CT molecular complexity index is 1840. The van der Waals surface area contributed by atoms with Crippen molar-refractivity contribution in [2.45, 2.75) is 23.1 Å². The molecule has 4 N–H and O–H groups in total. The summed E-state index contributed by atoms with van der Waals surface area (Å²) in [5.41, 5.74) is 6.85. The number of rotatable bonds is 12. The molecule has 12 nitrogen and oxygen atoms in total. The van der Waals surface area contributed by atoms with Gasteiger partial charge in [-0.1, -0.05) is 96.2 Å². The lowest BCUT2D eigenvalue weighted by molar-refractivity contribution is -0.150. The lowest BCUT2D eigenvalue weighted by Crippen LogP contribution is -2.71. The van der Waals surface area contributed by atoms with Crippen molar-refractivity contribution in [2.24, 2.45) is 5.16 Å². The zero-order chi connectivity index (χ0) is 34.7. The Morgan fingerprint density at radius 3 is 2.18 bits per heavy atom. The van der Waals surface area contributed by atoms with Crippen molar-refractivity contribution in [1.29, 1.82) is 0 Å². The maximum absolute atomic E-state index is 14.1. The molecule has 3 aliphatic rings. The maximum atomic E-state index is 14.1. The number of carbonyl (C=O) groups is 3. The second-order valence-corrected chi connectivity index (χ2v) is 14.5. The highest BCUT2D eigenvalue weighted by molar-refractivity contribution is 8.06. The summed E-state index contributed by atoms with van der Waals surface area (Å²) in [4.78, 5) is 52.7. The standard InChI is InChI=1S/C35H31N5O7S3/c36-34-37-25(18-50-34)27(39-47-35(21-10-4-1-5-11-21,22-12-6-2-7-13-22)23-14-8-3-9-15-23)30(41)38-28-31(42)40-29(33(43)44)26(19-49-32(28)40)48-17-24-16-45-20-46-24/h1-15,18,24,28,32H,16-17,19-20H2,(H2,36,37)(H,38,41)(H,43,44)/t24?,28?,32-/m0/s1. The molecule has 0 saturated carbocycles. The first-order valence-corrected chi connectivity index (χ1v) is 18.5. The van der Waals surface area contributed by atoms with E-state index in [2.05, 4.69) is 15.5 Å². The minimum atomic E-state index is -1.29. The number of β-lactam (4-membered cyclic amide) rings is 1. The quantitative estimate of drug-likeness (QED) is 0.0827. The third-order valence-electron chi connectivity index (χ3n) is 8.35. The number of nitrogens with zero attached hydrogens (tertiary/aromatic N) is 3. The molecule has 4 heterocycles. The van der Waals surface area contributed by atoms with Crippen LogP contribution in [0.2, 0.25) is 0 Å². The summed E-state index contributed by atoms with van der Waals surface area (Å²) in [7, 11) is 0. The number of nitrogens with one attached hydrogen (secondary N) is 1. The number of benzene rings is 3. The Kier molecular flexibility index (Phi) is 9.92. The molecule has 50 heavy (non-hydrogen) atoms. The Morgan fingerprint density at radius 2 is 1.66 bits per heavy atom. The molecule has 1 aromatic heterocycles. The molecule has 2 fully saturated rings. The van der Waals surface area contributed by atoms with Crippen molar-refractivity contribution in [2.75, 3.05) is 30.6 Å². The minimum absolute atomic E-state index is 0.0870. The zero-order valence-corrected chi connectivity index (χ0v) is 28.8. The Hall–Kier alpha value is -4.67. The summed E-state index contributed by atoms with van der Waals surface area (Å²) < 4.78 is 10.7. The first-order chi connectivity index (χ1) is 24.4. The van der Waals surface area contributed by atoms with Gasteiger partial charge in [0.1, 0.15) is 29.6 Å². The average molecular weight is 730 g/mol. The molecule has 2 unspecified atom stereocenters. The van der Waals surface area contributed by atoms with Crippen LogP contribution in [0, 0.1) is 0 Å². The van der Waals surface area contributed by atoms with E-state index in [0.29, 0.717) is 23.0 Å². The van der Waals surface area contributed by atoms with E-state index in [1.165, 1.54) is 28.4 Å². The van der Waals surface area contributed by atoms with Gasteiger partial charge in [0.25, 0.3) is 11.8 Å². The zero-order valence-electron chi connectivity index (χ0n) is 26.3. The number of carboxylic acid groups (broad SMARTS) is 1. The fourth-order valence-corrected chi connectivity index (χ4v) is 9.15. The van der Waals surface area contributed by atoms with Crippen molar-refractivity contribution in [3.63, 3.8) is 0 Å². The van der Waals surface area contributed by atoms with E-state index in [9.17, 15) is 19.5 Å². The first-order valence-electron chi connectivity index (χ1n) is 15.5. The van der Waals surface area contributed by atoms with E-state index in [0.717, 1.165) is 28.0 Å². The number of hydrogen-bond acceptors (Lipinski definition) is 12. The van der Waals surface area contributed by atoms with Crippen LogP contribution in [0.5, 0.6) is 0 Å². The molecule has 3 aromatic carbocycles. The Balaban J connectivity index is 1.20. The van der Waals surface area contributed by atoms with E-state index in [1.54, 1.807) is 5.38 Å². The molecule has 7 rings (SSSR count). The summed E-state index contributed by atoms with van der Waals surface area (Å²) in [5.74, 6) is -1.64. The molecular formula is C35H31N5O7S3. The molecule has 15 heteroatoms. The SMILES string of the molecule is Nc1nc(C(=NOC(c2ccccc2)(c2ccccc2)c2ccccc2)C(=O)NC2C(=O)N3C(C(=O)O)=C(SCC4COCO4)CS[C@@H]23)cs1. The molecule has 2 saturated heterocycles. The summed E-state index contributed by atoms with van der Waals surface area (Å²) >= 11 is 3.83. The molecule has 0 bridgehead atoms. The largest absolute Gasteiger partial charge is 0.477 e. The molecule has 0 radical (unpaired) electrons. The molecule has 0 aliphatic carbocycles. The van der Waals surface area contributed by atoms with E-state index < -0.39 is 34.8 Å². The van der Waals surface area contributed by atoms with Gasteiger partial charge in [-0.15, -0.1) is 34.9 Å². The highest BCUT2D eigenvalue weighted by Crippen LogP contribution is 2.44. The highest BCUT2D eigenvalue weighted by atomic mass is 32.2. The number of carboxylic acids is 1. The molecule has 3 atom stereocenters. The predicted molar refractivity (Wildman–Crippen MR) is 191 cm³/mol. The third-order valence-corrected chi connectivity index (χ3v) is 11.7. The fraction of sp³-hybridized carbons (Fsp3) is 0.229. The van der Waals surface area contributed by atoms with Gasteiger partial charge in [-0.25, -0.2) is 9.78 Å². The van der Waals surface area contributed by atoms with Gasteiger partial charge in [0.15, 0.2) is 10.8 Å². The number of nitrogen functional groups attached to an aromatic ring is 1. The smallest absolute Gasteiger partial charge is 0.353 e. The van der Waals surface area contributed by atoms with Crippen LogP contribution >= 0.6 is 34.9 Å². The second-order valence-electron chi connectivity index (χ2n) is 11.4. The molecule has 3 aliphatic heterocycles. The number of amides is 2. The van der Waals surface area contributed by atoms with Gasteiger partial charge in [0.2, 0.25) is 5.60 Å². The monoisotopic (exact) mass is 729 g/mol. The number of thioether (sulfide) groups is 2. The van der Waals surface area contributed by atoms with Crippen LogP contribution in [0.3, 0.4) is 0 Å². The maximum Gasteiger partial charge on any atom is 0.353 e. The fourth-order valence-electron chi connectivity index (χ4n) is 5.96. The van der Waals surface area contributed by atoms with Crippen molar-refractivity contribution in [3.05, 3.63) is 129 Å². The number of anilines is 1. The Labute approximate surface area is 299 Å². The summed E-state index contributed by atoms with van der Waals surface area (Å²) in [6.07, 6.45) is -0.159. The van der Waals surface area contributed by atoms with Crippen molar-refractivity contribution in [1.82, 2.24) is 15.2 Å². The first kappa shape index (κ1) is 33.8. The molecule has 2 amide bonds. The van der Waals surface area contributed by atoms with Crippen LogP contribution in [-0.2, 0) is 34.3 Å². The van der Waals surface area contributed by atoms with Gasteiger partial charge >= 0.3 is 5.97 Å². The van der Waals surface area contributed by atoms with Crippen LogP contribution in [0.15, 0.2) is 112 Å². The number of oxime groups is 1. The van der Waals surface area contributed by atoms with Gasteiger partial charge < -0.3 is 30.5 Å². The van der Waals surface area contributed by atoms with Crippen LogP contribution in [-0.4, -0.2) is 80.9 Å². The van der Waals surface area contributed by atoms with Crippen LogP contribution in [0.1, 0.15) is 22.4 Å². The molecule has 4 aromatic rings. The van der Waals surface area contributed by atoms with Gasteiger partial charge in [0, 0.05) is 38.5 Å². The van der Waals surface area contributed by atoms with Crippen molar-refractivity contribution < 1.29 is 33.8 Å². The lowest BCUT2D eigenvalue weighted by atomic mass is 9.80. The average Bonchev–Trinajstić information content (AvgIpc) is 3.84. The molecular weight excluding hydrogens is 699 g/mol. The van der Waals surface area contributed by atoms with E-state index in [1.807, 2.05) is 91.0 Å². The number of ether oxygens (including phenoxy) is 2. The highest BCUT2D eigenvalue weighted by Gasteiger charge is 2.54. The topological polar surface area (TPSA) is 166 Å². The summed E-state index contributed by atoms with van der Waals surface area (Å²) in [5, 5.41) is 18.6. The normalized spacial score (nSPS) is 20.6. The summed E-state index contributed by atoms with van der Waals surface area (Å²) in [6, 6.07) is 27.6. The predicted octanol–water partition coefficient (Wildman–Crippen LogP) is 4.24. The van der Waals surface area contributed by atoms with Gasteiger partial charge in [-0.3, -0.25) is 14.5 Å². The van der Waals surface area contributed by atoms with Crippen LogP contribution in [0.25, 0.3) is 0 Å². The molecule has 256 valence electrons. The van der Waals surface area contributed by atoms with Crippen molar-refractivity contribution in [3.8, 4) is 0 Å². The van der Waals surface area contributed by atoms with Gasteiger partial charge in [0.05, 0.1) is 12.7 Å². The number of fused-ring (bicyclic) bond motifs is 1. The Morgan fingerprint density at radius 1 is 1.04 bits per heavy atom. The van der Waals surface area contributed by atoms with Crippen molar-refractivity contribution >= 4 is 63.5 Å². The van der Waals surface area contributed by atoms with Gasteiger partial charge in [-0.05, 0) is 0 Å². The number of thiazole rings is 1. The number of carbonyl (C=O) groups excluding carboxylic acids is 2. The number of hydrogen-bond donors (Lipinski definition) is 3. The van der Waals surface area contributed by atoms with E-state index in [4.69, 9.17) is 20.0 Å². The van der Waals surface area contributed by atoms with Crippen LogP contribution in [0.4, 0.5) is 5.13 Å². The lowest BCUT2D eigenvalue weighted by Gasteiger charge is -2.49. The van der Waals surface area contributed by atoms with Gasteiger partial charge in [-0.2, -0.15) is 0 Å². The number of aromatic nitrogens is 1. The molecule has 0 spiro atoms. The third kappa shape index (κ3) is 6.50. The minimum Gasteiger partial charge on any atom is -0.477 e.